The van der Waals surface area contributed by atoms with Gasteiger partial charge in [0.05, 0.1) is 11.3 Å². The number of aryl methyl sites for hydroxylation is 1. The summed E-state index contributed by atoms with van der Waals surface area (Å²) < 4.78 is 41.0. The number of aromatic nitrogens is 2. The minimum absolute atomic E-state index is 0.0657. The third kappa shape index (κ3) is 3.63. The van der Waals surface area contributed by atoms with E-state index in [1.807, 2.05) is 0 Å². The van der Waals surface area contributed by atoms with E-state index < -0.39 is 17.2 Å². The highest BCUT2D eigenvalue weighted by atomic mass is 35.5. The lowest BCUT2D eigenvalue weighted by atomic mass is 10.1. The Morgan fingerprint density at radius 2 is 1.96 bits per heavy atom. The highest BCUT2D eigenvalue weighted by Crippen LogP contribution is 2.33. The molecular weight excluding hydrogens is 355 g/mol. The van der Waals surface area contributed by atoms with E-state index in [9.17, 15) is 13.2 Å². The Labute approximate surface area is 147 Å². The first-order valence-corrected chi connectivity index (χ1v) is 7.83. The van der Waals surface area contributed by atoms with Crippen molar-refractivity contribution in [3.63, 3.8) is 0 Å². The van der Waals surface area contributed by atoms with Crippen molar-refractivity contribution in [1.29, 1.82) is 0 Å². The van der Waals surface area contributed by atoms with Gasteiger partial charge in [-0.15, -0.1) is 0 Å². The number of nitrogens with zero attached hydrogens (tertiary/aromatic N) is 4. The third-order valence-corrected chi connectivity index (χ3v) is 4.12. The average Bonchev–Trinajstić information content (AvgIpc) is 2.96. The van der Waals surface area contributed by atoms with Crippen molar-refractivity contribution in [2.24, 2.45) is 10.7 Å². The summed E-state index contributed by atoms with van der Waals surface area (Å²) >= 11 is 6.43. The molecule has 0 fully saturated rings. The van der Waals surface area contributed by atoms with Gasteiger partial charge in [-0.1, -0.05) is 29.8 Å². The van der Waals surface area contributed by atoms with Crippen molar-refractivity contribution < 1.29 is 13.2 Å². The summed E-state index contributed by atoms with van der Waals surface area (Å²) in [4.78, 5) is 5.67. The Kier molecular flexibility index (Phi) is 4.47. The molecule has 132 valence electrons. The molecule has 5 nitrogen and oxygen atoms in total. The summed E-state index contributed by atoms with van der Waals surface area (Å²) in [7, 11) is 0. The molecule has 2 heterocycles. The summed E-state index contributed by atoms with van der Waals surface area (Å²) in [6.45, 7) is 1.74. The topological polar surface area (TPSA) is 59.4 Å². The van der Waals surface area contributed by atoms with Crippen LogP contribution in [0.5, 0.6) is 0 Å². The molecule has 25 heavy (non-hydrogen) atoms. The minimum atomic E-state index is -4.44. The lowest BCUT2D eigenvalue weighted by Gasteiger charge is -2.31. The summed E-state index contributed by atoms with van der Waals surface area (Å²) in [6, 6.07) is 7.13. The molecule has 0 saturated carbocycles. The molecule has 0 aliphatic carbocycles. The molecule has 1 atom stereocenters. The second-order valence-corrected chi connectivity index (χ2v) is 6.00. The zero-order valence-electron chi connectivity index (χ0n) is 13.2. The minimum Gasteiger partial charge on any atom is -0.382 e. The fourth-order valence-electron chi connectivity index (χ4n) is 2.56. The number of benzene rings is 1. The van der Waals surface area contributed by atoms with Crippen molar-refractivity contribution in [3.8, 4) is 0 Å². The molecular formula is C16H15ClF3N5. The Morgan fingerprint density at radius 1 is 1.24 bits per heavy atom. The van der Waals surface area contributed by atoms with Crippen LogP contribution in [0, 0.1) is 6.92 Å². The van der Waals surface area contributed by atoms with E-state index in [2.05, 4.69) is 10.1 Å². The molecule has 3 rings (SSSR count). The SMILES string of the molecule is Cc1ccn(C2=NC(N)=CN(Cc3ccccc3C(F)(F)F)C2Cl)n1. The van der Waals surface area contributed by atoms with Crippen molar-refractivity contribution in [1.82, 2.24) is 14.7 Å². The lowest BCUT2D eigenvalue weighted by Crippen LogP contribution is -2.40. The Balaban J connectivity index is 1.91. The second-order valence-electron chi connectivity index (χ2n) is 5.59. The maximum atomic E-state index is 13.2. The zero-order valence-corrected chi connectivity index (χ0v) is 14.0. The van der Waals surface area contributed by atoms with E-state index in [4.69, 9.17) is 17.3 Å². The van der Waals surface area contributed by atoms with Gasteiger partial charge in [0.1, 0.15) is 5.82 Å². The van der Waals surface area contributed by atoms with Crippen LogP contribution < -0.4 is 5.73 Å². The number of alkyl halides is 4. The van der Waals surface area contributed by atoms with E-state index in [-0.39, 0.29) is 17.9 Å². The van der Waals surface area contributed by atoms with Crippen LogP contribution in [0.15, 0.2) is 53.5 Å². The number of hydrogen-bond donors (Lipinski definition) is 1. The van der Waals surface area contributed by atoms with E-state index in [0.717, 1.165) is 11.8 Å². The van der Waals surface area contributed by atoms with Gasteiger partial charge in [0.25, 0.3) is 0 Å². The molecule has 1 aromatic heterocycles. The van der Waals surface area contributed by atoms with Gasteiger partial charge in [-0.3, -0.25) is 0 Å². The van der Waals surface area contributed by atoms with E-state index in [1.165, 1.54) is 27.9 Å². The van der Waals surface area contributed by atoms with E-state index >= 15 is 0 Å². The number of rotatable bonds is 2. The van der Waals surface area contributed by atoms with Crippen molar-refractivity contribution >= 4 is 17.4 Å². The molecule has 1 unspecified atom stereocenters. The van der Waals surface area contributed by atoms with Crippen LogP contribution in [0.25, 0.3) is 0 Å². The molecule has 0 bridgehead atoms. The Hall–Kier alpha value is -2.48. The third-order valence-electron chi connectivity index (χ3n) is 3.68. The molecule has 0 spiro atoms. The van der Waals surface area contributed by atoms with Crippen LogP contribution in [-0.4, -0.2) is 26.0 Å². The molecule has 2 aromatic rings. The first-order chi connectivity index (χ1) is 11.8. The van der Waals surface area contributed by atoms with Gasteiger partial charge in [-0.05, 0) is 24.6 Å². The second kappa shape index (κ2) is 6.44. The Bertz CT molecular complexity index is 840. The number of nitrogens with two attached hydrogens (primary N) is 1. The van der Waals surface area contributed by atoms with Gasteiger partial charge in [0.2, 0.25) is 0 Å². The van der Waals surface area contributed by atoms with Crippen LogP contribution in [0.1, 0.15) is 16.8 Å². The van der Waals surface area contributed by atoms with E-state index in [0.29, 0.717) is 5.84 Å². The average molecular weight is 370 g/mol. The smallest absolute Gasteiger partial charge is 0.382 e. The van der Waals surface area contributed by atoms with Gasteiger partial charge in [-0.25, -0.2) is 9.67 Å². The fraction of sp³-hybridized carbons (Fsp3) is 0.250. The standard InChI is InChI=1S/C16H15ClF3N5/c1-10-6-7-25(23-10)15-14(17)24(9-13(21)22-15)8-11-4-2-3-5-12(11)16(18,19)20/h2-7,9,14H,8,21H2,1H3. The van der Waals surface area contributed by atoms with Gasteiger partial charge in [-0.2, -0.15) is 18.3 Å². The van der Waals surface area contributed by atoms with Crippen LogP contribution in [-0.2, 0) is 12.7 Å². The van der Waals surface area contributed by atoms with Crippen molar-refractivity contribution in [2.45, 2.75) is 25.1 Å². The van der Waals surface area contributed by atoms with Gasteiger partial charge < -0.3 is 10.6 Å². The molecule has 0 radical (unpaired) electrons. The monoisotopic (exact) mass is 369 g/mol. The predicted molar refractivity (Wildman–Crippen MR) is 88.7 cm³/mol. The summed E-state index contributed by atoms with van der Waals surface area (Å²) in [5.74, 6) is 0.476. The fourth-order valence-corrected chi connectivity index (χ4v) is 2.83. The summed E-state index contributed by atoms with van der Waals surface area (Å²) in [5, 5.41) is 4.23. The first kappa shape index (κ1) is 17.3. The van der Waals surface area contributed by atoms with Crippen LogP contribution in [0.2, 0.25) is 0 Å². The van der Waals surface area contributed by atoms with Crippen LogP contribution in [0.3, 0.4) is 0 Å². The maximum Gasteiger partial charge on any atom is 0.416 e. The van der Waals surface area contributed by atoms with Crippen molar-refractivity contribution in [2.75, 3.05) is 0 Å². The van der Waals surface area contributed by atoms with Gasteiger partial charge in [0, 0.05) is 18.9 Å². The van der Waals surface area contributed by atoms with Crippen LogP contribution in [0.4, 0.5) is 13.2 Å². The lowest BCUT2D eigenvalue weighted by molar-refractivity contribution is -0.138. The summed E-state index contributed by atoms with van der Waals surface area (Å²) in [5.41, 5.74) is 5.15. The molecule has 9 heteroatoms. The highest BCUT2D eigenvalue weighted by Gasteiger charge is 2.34. The number of aliphatic imine (C=N–C) groups is 1. The predicted octanol–water partition coefficient (Wildman–Crippen LogP) is 3.30. The molecule has 2 N–H and O–H groups in total. The zero-order chi connectivity index (χ0) is 18.2. The normalized spacial score (nSPS) is 18.1. The Morgan fingerprint density at radius 3 is 2.60 bits per heavy atom. The highest BCUT2D eigenvalue weighted by molar-refractivity contribution is 6.31. The number of halogens is 4. The molecule has 0 amide bonds. The molecule has 1 aliphatic rings. The van der Waals surface area contributed by atoms with Crippen molar-refractivity contribution in [3.05, 3.63) is 65.4 Å². The van der Waals surface area contributed by atoms with Gasteiger partial charge >= 0.3 is 6.18 Å². The van der Waals surface area contributed by atoms with Crippen LogP contribution >= 0.6 is 11.6 Å². The van der Waals surface area contributed by atoms with Gasteiger partial charge in [0.15, 0.2) is 11.3 Å². The van der Waals surface area contributed by atoms with E-state index in [1.54, 1.807) is 25.3 Å². The first-order valence-electron chi connectivity index (χ1n) is 7.39. The largest absolute Gasteiger partial charge is 0.416 e. The number of hydrogen-bond acceptors (Lipinski definition) is 4. The summed E-state index contributed by atoms with van der Waals surface area (Å²) in [6.07, 6.45) is -1.34. The maximum absolute atomic E-state index is 13.2. The quantitative estimate of drug-likeness (QED) is 0.652. The molecule has 1 aliphatic heterocycles. The molecule has 0 saturated heterocycles. The molecule has 1 aromatic carbocycles.